The molecule has 20 heteroatoms. The van der Waals surface area contributed by atoms with E-state index < -0.39 is 142 Å². The molecular weight excluding hydrogens is 933 g/mol. The molecule has 0 unspecified atom stereocenters. The second-order valence-electron chi connectivity index (χ2n) is 24.6. The summed E-state index contributed by atoms with van der Waals surface area (Å²) in [5, 5.41) is 131. The molecular formula is C51H84O20. The van der Waals surface area contributed by atoms with Crippen LogP contribution in [-0.4, -0.2) is 211 Å². The van der Waals surface area contributed by atoms with E-state index in [4.69, 9.17) is 37.9 Å². The predicted molar refractivity (Wildman–Crippen MR) is 246 cm³/mol. The maximum atomic E-state index is 12.6. The highest BCUT2D eigenvalue weighted by atomic mass is 16.8. The van der Waals surface area contributed by atoms with Crippen LogP contribution in [-0.2, 0) is 37.9 Å². The highest BCUT2D eigenvalue weighted by Crippen LogP contribution is 2.77. The van der Waals surface area contributed by atoms with Crippen molar-refractivity contribution in [1.29, 1.82) is 0 Å². The van der Waals surface area contributed by atoms with Gasteiger partial charge in [-0.2, -0.15) is 0 Å². The van der Waals surface area contributed by atoms with Gasteiger partial charge in [0.25, 0.3) is 0 Å². The first-order chi connectivity index (χ1) is 33.4. The maximum absolute atomic E-state index is 12.6. The lowest BCUT2D eigenvalue weighted by Gasteiger charge is -2.73. The van der Waals surface area contributed by atoms with Gasteiger partial charge in [-0.25, -0.2) is 0 Å². The minimum Gasteiger partial charge on any atom is -0.396 e. The van der Waals surface area contributed by atoms with Crippen LogP contribution in [0.4, 0.5) is 0 Å². The molecule has 5 saturated carbocycles. The molecule has 20 nitrogen and oxygen atoms in total. The molecule has 0 amide bonds. The first-order valence-corrected chi connectivity index (χ1v) is 26.2. The van der Waals surface area contributed by atoms with Crippen molar-refractivity contribution in [2.75, 3.05) is 33.0 Å². The Labute approximate surface area is 416 Å². The van der Waals surface area contributed by atoms with E-state index in [-0.39, 0.29) is 46.7 Å². The van der Waals surface area contributed by atoms with E-state index >= 15 is 0 Å². The standard InChI is InChI=1S/C51H84O20/c1-22(2)23-10-13-51(21-53)15-14-49(6)24(32(23)51)8-9-31-48(5)16-25(54)42(47(3,4)30(48)11-12-50(31,49)7)71-46-41(39(63)40(28(17-52)67-46)69-44-37(61)34(58)27(56)19-65-44)70-45-38(62)35(59)29(20-66-45)68-43-36(60)33(57)26(55)18-64-43/h23-46,52-63H,1,8-21H2,2-7H3/t23-,24+,25+,26-,27+,28+,29+,30-,31+,32+,33-,34-,35-,36+,37+,38+,39-,40+,41+,42-,43-,44-,45-,46-,48-,49+,50+,51+/m0/s1. The van der Waals surface area contributed by atoms with Gasteiger partial charge < -0.3 is 99.2 Å². The number of allylic oxidation sites excluding steroid dienone is 1. The Morgan fingerprint density at radius 2 is 1.15 bits per heavy atom. The van der Waals surface area contributed by atoms with E-state index in [2.05, 4.69) is 48.1 Å². The number of ether oxygens (including phenoxy) is 8. The number of rotatable bonds is 11. The van der Waals surface area contributed by atoms with Crippen LogP contribution >= 0.6 is 0 Å². The molecule has 0 aromatic rings. The zero-order valence-corrected chi connectivity index (χ0v) is 42.1. The van der Waals surface area contributed by atoms with Gasteiger partial charge in [-0.15, -0.1) is 0 Å². The normalized spacial score (nSPS) is 56.1. The molecule has 9 fully saturated rings. The lowest BCUT2D eigenvalue weighted by Crippen LogP contribution is -2.70. The summed E-state index contributed by atoms with van der Waals surface area (Å²) in [6.45, 7) is 16.3. The minimum atomic E-state index is -1.89. The molecule has 0 bridgehead atoms. The molecule has 12 N–H and O–H groups in total. The second kappa shape index (κ2) is 20.1. The van der Waals surface area contributed by atoms with Crippen LogP contribution < -0.4 is 0 Å². The average Bonchev–Trinajstić information content (AvgIpc) is 3.72. The third-order valence-electron chi connectivity index (χ3n) is 20.8. The Morgan fingerprint density at radius 1 is 0.563 bits per heavy atom. The highest BCUT2D eigenvalue weighted by Gasteiger charge is 2.72. The highest BCUT2D eigenvalue weighted by molar-refractivity contribution is 5.22. The number of hydrogen-bond acceptors (Lipinski definition) is 20. The molecule has 5 aliphatic carbocycles. The van der Waals surface area contributed by atoms with Gasteiger partial charge in [0.1, 0.15) is 79.4 Å². The first-order valence-electron chi connectivity index (χ1n) is 26.2. The van der Waals surface area contributed by atoms with E-state index in [1.807, 2.05) is 0 Å². The largest absolute Gasteiger partial charge is 0.396 e. The molecule has 4 saturated heterocycles. The fourth-order valence-electron chi connectivity index (χ4n) is 16.8. The van der Waals surface area contributed by atoms with E-state index in [1.165, 1.54) is 5.57 Å². The third kappa shape index (κ3) is 8.84. The van der Waals surface area contributed by atoms with Crippen LogP contribution in [0, 0.1) is 56.7 Å². The molecule has 408 valence electrons. The summed E-state index contributed by atoms with van der Waals surface area (Å²) < 4.78 is 47.9. The van der Waals surface area contributed by atoms with Crippen molar-refractivity contribution in [3.63, 3.8) is 0 Å². The quantitative estimate of drug-likeness (QED) is 0.0889. The molecule has 71 heavy (non-hydrogen) atoms. The van der Waals surface area contributed by atoms with E-state index in [1.54, 1.807) is 0 Å². The fraction of sp³-hybridized carbons (Fsp3) is 0.961. The van der Waals surface area contributed by atoms with E-state index in [0.717, 1.165) is 51.4 Å². The molecule has 4 heterocycles. The predicted octanol–water partition coefficient (Wildman–Crippen LogP) is -0.818. The van der Waals surface area contributed by atoms with Crippen LogP contribution in [0.2, 0.25) is 0 Å². The molecule has 4 aliphatic heterocycles. The SMILES string of the molecule is C=C(C)[C@@H]1CC[C@]2(CO)CC[C@]3(C)[C@H](CC[C@@H]4[C@@]5(C)C[C@@H](O)[C@H](O[C@@H]6O[C@H](CO)[C@@H](O[C@@H]7OC[C@@H](O)[C@H](O)[C@H]7O)[C@H](O)[C@H]6O[C@@H]6OC[C@@H](O[C@@H]7OC[C@H](O)[C@H](O)[C@H]7O)[C@H](O)[C@H]6O)C(C)(C)[C@@H]5CC[C@]43C)[C@@H]12. The summed E-state index contributed by atoms with van der Waals surface area (Å²) in [6.07, 6.45) is -21.0. The van der Waals surface area contributed by atoms with Crippen LogP contribution in [0.1, 0.15) is 99.3 Å². The van der Waals surface area contributed by atoms with Crippen LogP contribution in [0.15, 0.2) is 12.2 Å². The van der Waals surface area contributed by atoms with E-state index in [0.29, 0.717) is 24.2 Å². The lowest BCUT2D eigenvalue weighted by molar-refractivity contribution is -0.394. The Kier molecular flexibility index (Phi) is 15.5. The van der Waals surface area contributed by atoms with Crippen molar-refractivity contribution in [2.45, 2.75) is 216 Å². The van der Waals surface area contributed by atoms with Crippen LogP contribution in [0.3, 0.4) is 0 Å². The van der Waals surface area contributed by atoms with Crippen molar-refractivity contribution < 1.29 is 99.2 Å². The fourth-order valence-corrected chi connectivity index (χ4v) is 16.8. The van der Waals surface area contributed by atoms with Gasteiger partial charge in [0.2, 0.25) is 0 Å². The second-order valence-corrected chi connectivity index (χ2v) is 24.6. The molecule has 0 aromatic heterocycles. The molecule has 28 atom stereocenters. The van der Waals surface area contributed by atoms with Crippen molar-refractivity contribution in [3.05, 3.63) is 12.2 Å². The molecule has 0 radical (unpaired) electrons. The van der Waals surface area contributed by atoms with Gasteiger partial charge in [-0.3, -0.25) is 0 Å². The Morgan fingerprint density at radius 3 is 1.76 bits per heavy atom. The average molecular weight is 1020 g/mol. The summed E-state index contributed by atoms with van der Waals surface area (Å²) in [7, 11) is 0. The third-order valence-corrected chi connectivity index (χ3v) is 20.8. The van der Waals surface area contributed by atoms with Crippen molar-refractivity contribution >= 4 is 0 Å². The van der Waals surface area contributed by atoms with Gasteiger partial charge in [0, 0.05) is 6.61 Å². The summed E-state index contributed by atoms with van der Waals surface area (Å²) >= 11 is 0. The van der Waals surface area contributed by atoms with Crippen LogP contribution in [0.25, 0.3) is 0 Å². The number of aliphatic hydroxyl groups is 12. The molecule has 9 aliphatic rings. The lowest BCUT2D eigenvalue weighted by atomic mass is 9.32. The van der Waals surface area contributed by atoms with E-state index in [9.17, 15) is 61.3 Å². The van der Waals surface area contributed by atoms with Gasteiger partial charge in [-0.1, -0.05) is 46.8 Å². The molecule has 0 aromatic carbocycles. The van der Waals surface area contributed by atoms with Crippen molar-refractivity contribution in [3.8, 4) is 0 Å². The van der Waals surface area contributed by atoms with Gasteiger partial charge in [-0.05, 0) is 121 Å². The molecule has 9 rings (SSSR count). The Balaban J connectivity index is 0.964. The number of aliphatic hydroxyl groups excluding tert-OH is 12. The van der Waals surface area contributed by atoms with Gasteiger partial charge >= 0.3 is 0 Å². The topological polar surface area (TPSA) is 317 Å². The Hall–Kier alpha value is -1.06. The summed E-state index contributed by atoms with van der Waals surface area (Å²) in [5.74, 6) is 1.51. The van der Waals surface area contributed by atoms with Gasteiger partial charge in [0.15, 0.2) is 25.2 Å². The van der Waals surface area contributed by atoms with Crippen molar-refractivity contribution in [1.82, 2.24) is 0 Å². The monoisotopic (exact) mass is 1020 g/mol. The summed E-state index contributed by atoms with van der Waals surface area (Å²) in [5.41, 5.74) is 0.0302. The van der Waals surface area contributed by atoms with Gasteiger partial charge in [0.05, 0.1) is 38.6 Å². The number of fused-ring (bicyclic) bond motifs is 7. The maximum Gasteiger partial charge on any atom is 0.187 e. The summed E-state index contributed by atoms with van der Waals surface area (Å²) in [6, 6.07) is 0. The minimum absolute atomic E-state index is 0.00130. The van der Waals surface area contributed by atoms with Crippen molar-refractivity contribution in [2.24, 2.45) is 56.7 Å². The molecule has 0 spiro atoms. The van der Waals surface area contributed by atoms with Crippen LogP contribution in [0.5, 0.6) is 0 Å². The number of hydrogen-bond donors (Lipinski definition) is 12. The zero-order chi connectivity index (χ0) is 51.5. The summed E-state index contributed by atoms with van der Waals surface area (Å²) in [4.78, 5) is 0. The Bertz CT molecular complexity index is 1880. The first kappa shape index (κ1) is 54.7. The smallest absolute Gasteiger partial charge is 0.187 e. The zero-order valence-electron chi connectivity index (χ0n) is 42.1.